The molecular formula is C12H19N3. The highest BCUT2D eigenvalue weighted by Crippen LogP contribution is 2.40. The van der Waals surface area contributed by atoms with E-state index < -0.39 is 0 Å². The minimum Gasteiger partial charge on any atom is -0.373 e. The topological polar surface area (TPSA) is 37.0 Å². The molecule has 1 heterocycles. The Morgan fingerprint density at radius 2 is 2.07 bits per heavy atom. The van der Waals surface area contributed by atoms with Crippen LogP contribution in [0.4, 0.5) is 11.6 Å². The molecule has 15 heavy (non-hydrogen) atoms. The quantitative estimate of drug-likeness (QED) is 0.793. The summed E-state index contributed by atoms with van der Waals surface area (Å²) in [5, 5.41) is 6.45. The molecule has 0 aromatic carbocycles. The predicted octanol–water partition coefficient (Wildman–Crippen LogP) is 2.73. The molecule has 0 unspecified atom stereocenters. The van der Waals surface area contributed by atoms with Gasteiger partial charge in [0.05, 0.1) is 0 Å². The molecule has 1 saturated carbocycles. The second kappa shape index (κ2) is 4.09. The van der Waals surface area contributed by atoms with Crippen LogP contribution in [0, 0.1) is 5.41 Å². The molecule has 1 aromatic heterocycles. The smallest absolute Gasteiger partial charge is 0.128 e. The number of hydrogen-bond donors (Lipinski definition) is 2. The minimum absolute atomic E-state index is 0.497. The molecular weight excluding hydrogens is 186 g/mol. The first kappa shape index (κ1) is 10.3. The molecule has 1 aliphatic rings. The fourth-order valence-electron chi connectivity index (χ4n) is 1.93. The first-order valence-electron chi connectivity index (χ1n) is 5.61. The van der Waals surface area contributed by atoms with Gasteiger partial charge in [-0.3, -0.25) is 0 Å². The second-order valence-electron chi connectivity index (χ2n) is 4.68. The minimum atomic E-state index is 0.497. The van der Waals surface area contributed by atoms with Crippen LogP contribution in [0.3, 0.4) is 0 Å². The predicted molar refractivity (Wildman–Crippen MR) is 64.2 cm³/mol. The molecule has 1 aromatic rings. The fraction of sp³-hybridized carbons (Fsp3) is 0.583. The molecule has 0 aliphatic heterocycles. The number of anilines is 2. The lowest BCUT2D eigenvalue weighted by molar-refractivity contribution is 0.180. The van der Waals surface area contributed by atoms with Crippen LogP contribution in [0.2, 0.25) is 0 Å². The monoisotopic (exact) mass is 205 g/mol. The molecule has 2 rings (SSSR count). The zero-order valence-corrected chi connectivity index (χ0v) is 9.51. The SMILES string of the molecule is CNc1cccc(NCC2(C)CCC2)n1. The van der Waals surface area contributed by atoms with Crippen molar-refractivity contribution in [2.75, 3.05) is 24.2 Å². The van der Waals surface area contributed by atoms with Gasteiger partial charge in [0.25, 0.3) is 0 Å². The van der Waals surface area contributed by atoms with Gasteiger partial charge in [0, 0.05) is 13.6 Å². The number of pyridine rings is 1. The first-order valence-corrected chi connectivity index (χ1v) is 5.61. The van der Waals surface area contributed by atoms with E-state index in [0.29, 0.717) is 5.41 Å². The summed E-state index contributed by atoms with van der Waals surface area (Å²) >= 11 is 0. The van der Waals surface area contributed by atoms with Crippen LogP contribution in [0.5, 0.6) is 0 Å². The molecule has 0 amide bonds. The molecule has 0 bridgehead atoms. The van der Waals surface area contributed by atoms with Crippen molar-refractivity contribution >= 4 is 11.6 Å². The zero-order chi connectivity index (χ0) is 10.7. The maximum Gasteiger partial charge on any atom is 0.128 e. The average Bonchev–Trinajstić information content (AvgIpc) is 2.24. The number of nitrogens with one attached hydrogen (secondary N) is 2. The maximum absolute atomic E-state index is 4.43. The molecule has 1 fully saturated rings. The number of hydrogen-bond acceptors (Lipinski definition) is 3. The third-order valence-corrected chi connectivity index (χ3v) is 3.26. The Hall–Kier alpha value is -1.25. The van der Waals surface area contributed by atoms with E-state index in [1.165, 1.54) is 19.3 Å². The number of nitrogens with zero attached hydrogens (tertiary/aromatic N) is 1. The third kappa shape index (κ3) is 2.41. The van der Waals surface area contributed by atoms with Gasteiger partial charge < -0.3 is 10.6 Å². The maximum atomic E-state index is 4.43. The van der Waals surface area contributed by atoms with Gasteiger partial charge in [0.2, 0.25) is 0 Å². The highest BCUT2D eigenvalue weighted by molar-refractivity contribution is 5.44. The molecule has 0 radical (unpaired) electrons. The summed E-state index contributed by atoms with van der Waals surface area (Å²) in [6, 6.07) is 6.00. The van der Waals surface area contributed by atoms with E-state index in [-0.39, 0.29) is 0 Å². The molecule has 0 saturated heterocycles. The summed E-state index contributed by atoms with van der Waals surface area (Å²) in [6.45, 7) is 3.37. The van der Waals surface area contributed by atoms with Gasteiger partial charge in [0.1, 0.15) is 11.6 Å². The van der Waals surface area contributed by atoms with Crippen molar-refractivity contribution < 1.29 is 0 Å². The van der Waals surface area contributed by atoms with Crippen molar-refractivity contribution in [1.82, 2.24) is 4.98 Å². The summed E-state index contributed by atoms with van der Waals surface area (Å²) in [5.74, 6) is 1.88. The Morgan fingerprint density at radius 3 is 2.67 bits per heavy atom. The van der Waals surface area contributed by atoms with Crippen LogP contribution in [0.1, 0.15) is 26.2 Å². The summed E-state index contributed by atoms with van der Waals surface area (Å²) in [5.41, 5.74) is 0.497. The highest BCUT2D eigenvalue weighted by Gasteiger charge is 2.31. The molecule has 0 atom stereocenters. The van der Waals surface area contributed by atoms with Gasteiger partial charge in [-0.1, -0.05) is 19.4 Å². The molecule has 3 heteroatoms. The van der Waals surface area contributed by atoms with Crippen LogP contribution in [-0.4, -0.2) is 18.6 Å². The molecule has 82 valence electrons. The summed E-state index contributed by atoms with van der Waals surface area (Å²) < 4.78 is 0. The van der Waals surface area contributed by atoms with E-state index in [9.17, 15) is 0 Å². The fourth-order valence-corrected chi connectivity index (χ4v) is 1.93. The summed E-state index contributed by atoms with van der Waals surface area (Å²) in [6.07, 6.45) is 4.06. The normalized spacial score (nSPS) is 18.0. The molecule has 1 aliphatic carbocycles. The Labute approximate surface area is 91.3 Å². The standard InChI is InChI=1S/C12H19N3/c1-12(7-4-8-12)9-14-11-6-3-5-10(13-2)15-11/h3,5-6H,4,7-9H2,1-2H3,(H2,13,14,15). The van der Waals surface area contributed by atoms with Gasteiger partial charge in [-0.05, 0) is 30.4 Å². The summed E-state index contributed by atoms with van der Waals surface area (Å²) in [4.78, 5) is 4.43. The average molecular weight is 205 g/mol. The van der Waals surface area contributed by atoms with Crippen molar-refractivity contribution in [3.8, 4) is 0 Å². The van der Waals surface area contributed by atoms with Gasteiger partial charge >= 0.3 is 0 Å². The highest BCUT2D eigenvalue weighted by atomic mass is 15.1. The van der Waals surface area contributed by atoms with E-state index in [1.807, 2.05) is 25.2 Å². The van der Waals surface area contributed by atoms with Crippen LogP contribution in [-0.2, 0) is 0 Å². The third-order valence-electron chi connectivity index (χ3n) is 3.26. The van der Waals surface area contributed by atoms with Crippen LogP contribution in [0.15, 0.2) is 18.2 Å². The van der Waals surface area contributed by atoms with Crippen molar-refractivity contribution in [3.63, 3.8) is 0 Å². The van der Waals surface area contributed by atoms with Gasteiger partial charge in [-0.2, -0.15) is 0 Å². The van der Waals surface area contributed by atoms with Gasteiger partial charge in [-0.15, -0.1) is 0 Å². The lowest BCUT2D eigenvalue weighted by Crippen LogP contribution is -2.33. The van der Waals surface area contributed by atoms with Gasteiger partial charge in [0.15, 0.2) is 0 Å². The second-order valence-corrected chi connectivity index (χ2v) is 4.68. The zero-order valence-electron chi connectivity index (χ0n) is 9.51. The van der Waals surface area contributed by atoms with Crippen LogP contribution in [0.25, 0.3) is 0 Å². The van der Waals surface area contributed by atoms with Crippen molar-refractivity contribution in [2.24, 2.45) is 5.41 Å². The molecule has 0 spiro atoms. The first-order chi connectivity index (χ1) is 7.22. The molecule has 2 N–H and O–H groups in total. The van der Waals surface area contributed by atoms with E-state index in [0.717, 1.165) is 18.2 Å². The number of rotatable bonds is 4. The Morgan fingerprint density at radius 1 is 1.33 bits per heavy atom. The Kier molecular flexibility index (Phi) is 2.80. The largest absolute Gasteiger partial charge is 0.373 e. The van der Waals surface area contributed by atoms with E-state index in [1.54, 1.807) is 0 Å². The van der Waals surface area contributed by atoms with Crippen molar-refractivity contribution in [2.45, 2.75) is 26.2 Å². The Balaban J connectivity index is 1.92. The number of aromatic nitrogens is 1. The van der Waals surface area contributed by atoms with E-state index in [2.05, 4.69) is 22.5 Å². The lowest BCUT2D eigenvalue weighted by Gasteiger charge is -2.38. The van der Waals surface area contributed by atoms with Crippen molar-refractivity contribution in [3.05, 3.63) is 18.2 Å². The lowest BCUT2D eigenvalue weighted by atomic mass is 9.70. The van der Waals surface area contributed by atoms with Crippen LogP contribution >= 0.6 is 0 Å². The van der Waals surface area contributed by atoms with Crippen molar-refractivity contribution in [1.29, 1.82) is 0 Å². The van der Waals surface area contributed by atoms with E-state index >= 15 is 0 Å². The van der Waals surface area contributed by atoms with Crippen LogP contribution < -0.4 is 10.6 Å². The van der Waals surface area contributed by atoms with E-state index in [4.69, 9.17) is 0 Å². The Bertz CT molecular complexity index is 331. The molecule has 3 nitrogen and oxygen atoms in total. The van der Waals surface area contributed by atoms with Gasteiger partial charge in [-0.25, -0.2) is 4.98 Å². The summed E-state index contributed by atoms with van der Waals surface area (Å²) in [7, 11) is 1.89.